The van der Waals surface area contributed by atoms with Gasteiger partial charge in [0.05, 0.1) is 18.1 Å². The summed E-state index contributed by atoms with van der Waals surface area (Å²) in [6.07, 6.45) is 0.291. The molecule has 0 saturated carbocycles. The molecule has 1 heterocycles. The molecule has 3 N–H and O–H groups in total. The van der Waals surface area contributed by atoms with Gasteiger partial charge in [0.1, 0.15) is 5.60 Å². The molecular weight excluding hydrogens is 410 g/mol. The first-order valence-corrected chi connectivity index (χ1v) is 11.6. The minimum atomic E-state index is -0.554. The van der Waals surface area contributed by atoms with Gasteiger partial charge in [-0.1, -0.05) is 78.9 Å². The van der Waals surface area contributed by atoms with Crippen molar-refractivity contribution in [1.29, 1.82) is 0 Å². The SMILES string of the molecule is CC(C)(C)OC(=O)N[C@@H](Cc1ccccc1)[C@@H]1CN[C@H](c2ccccc2)c2ccccc2N1. The van der Waals surface area contributed by atoms with Crippen molar-refractivity contribution in [3.8, 4) is 0 Å². The molecule has 0 fully saturated rings. The van der Waals surface area contributed by atoms with Gasteiger partial charge in [-0.15, -0.1) is 0 Å². The van der Waals surface area contributed by atoms with Gasteiger partial charge in [0.25, 0.3) is 0 Å². The van der Waals surface area contributed by atoms with Gasteiger partial charge in [0, 0.05) is 12.2 Å². The van der Waals surface area contributed by atoms with Gasteiger partial charge < -0.3 is 20.7 Å². The molecule has 0 unspecified atom stereocenters. The Labute approximate surface area is 196 Å². The number of alkyl carbamates (subject to hydrolysis) is 1. The van der Waals surface area contributed by atoms with Gasteiger partial charge in [-0.05, 0) is 49.9 Å². The Hall–Kier alpha value is -3.31. The number of ether oxygens (including phenoxy) is 1. The fourth-order valence-electron chi connectivity index (χ4n) is 4.29. The van der Waals surface area contributed by atoms with Crippen LogP contribution in [0.25, 0.3) is 0 Å². The van der Waals surface area contributed by atoms with E-state index in [9.17, 15) is 4.79 Å². The van der Waals surface area contributed by atoms with Crippen molar-refractivity contribution >= 4 is 11.8 Å². The van der Waals surface area contributed by atoms with Crippen molar-refractivity contribution in [3.63, 3.8) is 0 Å². The molecule has 1 aliphatic heterocycles. The predicted molar refractivity (Wildman–Crippen MR) is 133 cm³/mol. The largest absolute Gasteiger partial charge is 0.444 e. The summed E-state index contributed by atoms with van der Waals surface area (Å²) >= 11 is 0. The van der Waals surface area contributed by atoms with Crippen LogP contribution in [0.1, 0.15) is 43.5 Å². The van der Waals surface area contributed by atoms with Crippen molar-refractivity contribution in [2.45, 2.75) is 50.9 Å². The topological polar surface area (TPSA) is 62.4 Å². The van der Waals surface area contributed by atoms with Crippen LogP contribution >= 0.6 is 0 Å². The molecule has 0 spiro atoms. The van der Waals surface area contributed by atoms with Gasteiger partial charge in [0.15, 0.2) is 0 Å². The van der Waals surface area contributed by atoms with E-state index < -0.39 is 11.7 Å². The molecular formula is C28H33N3O2. The van der Waals surface area contributed by atoms with Gasteiger partial charge >= 0.3 is 6.09 Å². The lowest BCUT2D eigenvalue weighted by Gasteiger charge is -2.30. The number of carbonyl (C=O) groups excluding carboxylic acids is 1. The maximum Gasteiger partial charge on any atom is 0.407 e. The Bertz CT molecular complexity index is 1050. The van der Waals surface area contributed by atoms with Crippen LogP contribution in [0, 0.1) is 0 Å². The van der Waals surface area contributed by atoms with Crippen molar-refractivity contribution < 1.29 is 9.53 Å². The molecule has 172 valence electrons. The van der Waals surface area contributed by atoms with Crippen LogP contribution in [0.3, 0.4) is 0 Å². The summed E-state index contributed by atoms with van der Waals surface area (Å²) in [6.45, 7) is 6.32. The van der Waals surface area contributed by atoms with Gasteiger partial charge in [0.2, 0.25) is 0 Å². The van der Waals surface area contributed by atoms with Crippen LogP contribution in [-0.2, 0) is 11.2 Å². The normalized spacial score (nSPS) is 18.9. The molecule has 0 aromatic heterocycles. The average molecular weight is 444 g/mol. The molecule has 0 aliphatic carbocycles. The van der Waals surface area contributed by atoms with Gasteiger partial charge in [-0.25, -0.2) is 4.79 Å². The zero-order chi connectivity index (χ0) is 23.3. The minimum absolute atomic E-state index is 0.0346. The number of amides is 1. The number of para-hydroxylation sites is 1. The summed E-state index contributed by atoms with van der Waals surface area (Å²) in [7, 11) is 0. The second kappa shape index (κ2) is 10.1. The maximum absolute atomic E-state index is 12.7. The molecule has 5 nitrogen and oxygen atoms in total. The van der Waals surface area contributed by atoms with Crippen molar-refractivity contribution in [3.05, 3.63) is 102 Å². The van der Waals surface area contributed by atoms with Crippen molar-refractivity contribution in [2.75, 3.05) is 11.9 Å². The minimum Gasteiger partial charge on any atom is -0.444 e. The zero-order valence-electron chi connectivity index (χ0n) is 19.5. The highest BCUT2D eigenvalue weighted by Gasteiger charge is 2.31. The molecule has 1 aliphatic rings. The number of benzene rings is 3. The molecule has 33 heavy (non-hydrogen) atoms. The van der Waals surface area contributed by atoms with E-state index >= 15 is 0 Å². The van der Waals surface area contributed by atoms with Crippen LogP contribution in [-0.4, -0.2) is 30.3 Å². The predicted octanol–water partition coefficient (Wildman–Crippen LogP) is 5.30. The number of hydrogen-bond acceptors (Lipinski definition) is 4. The van der Waals surface area contributed by atoms with Crippen LogP contribution in [0.2, 0.25) is 0 Å². The van der Waals surface area contributed by atoms with E-state index in [0.29, 0.717) is 13.0 Å². The fourth-order valence-corrected chi connectivity index (χ4v) is 4.29. The Kier molecular flexibility index (Phi) is 6.99. The van der Waals surface area contributed by atoms with Crippen molar-refractivity contribution in [2.24, 2.45) is 0 Å². The lowest BCUT2D eigenvalue weighted by molar-refractivity contribution is 0.0498. The molecule has 4 rings (SSSR count). The second-order valence-corrected chi connectivity index (χ2v) is 9.53. The monoisotopic (exact) mass is 443 g/mol. The van der Waals surface area contributed by atoms with Crippen LogP contribution in [0.15, 0.2) is 84.9 Å². The number of fused-ring (bicyclic) bond motifs is 1. The summed E-state index contributed by atoms with van der Waals surface area (Å²) in [5, 5.41) is 10.6. The first-order valence-electron chi connectivity index (χ1n) is 11.6. The molecule has 1 amide bonds. The lowest BCUT2D eigenvalue weighted by Crippen LogP contribution is -2.52. The third kappa shape index (κ3) is 6.14. The third-order valence-corrected chi connectivity index (χ3v) is 5.77. The number of anilines is 1. The summed E-state index contributed by atoms with van der Waals surface area (Å²) in [6, 6.07) is 29.0. The maximum atomic E-state index is 12.7. The second-order valence-electron chi connectivity index (χ2n) is 9.53. The van der Waals surface area contributed by atoms with E-state index in [1.807, 2.05) is 51.1 Å². The Morgan fingerprint density at radius 2 is 1.61 bits per heavy atom. The number of carbonyl (C=O) groups is 1. The standard InChI is InChI=1S/C28H33N3O2/c1-28(2,3)33-27(32)31-24(18-20-12-6-4-7-13-20)25-19-29-26(21-14-8-5-9-15-21)22-16-10-11-17-23(22)30-25/h4-17,24-26,29-30H,18-19H2,1-3H3,(H,31,32)/t24-,25-,26+/m0/s1. The number of hydrogen-bond donors (Lipinski definition) is 3. The first kappa shape index (κ1) is 22.9. The highest BCUT2D eigenvalue weighted by Crippen LogP contribution is 2.31. The molecule has 3 atom stereocenters. The Balaban J connectivity index is 1.62. The smallest absolute Gasteiger partial charge is 0.407 e. The van der Waals surface area contributed by atoms with Gasteiger partial charge in [-0.2, -0.15) is 0 Å². The fraction of sp³-hybridized carbons (Fsp3) is 0.321. The number of rotatable bonds is 5. The Morgan fingerprint density at radius 1 is 0.970 bits per heavy atom. The van der Waals surface area contributed by atoms with E-state index in [0.717, 1.165) is 11.3 Å². The van der Waals surface area contributed by atoms with Crippen molar-refractivity contribution in [1.82, 2.24) is 10.6 Å². The quantitative estimate of drug-likeness (QED) is 0.501. The van der Waals surface area contributed by atoms with E-state index in [4.69, 9.17) is 4.74 Å². The molecule has 3 aromatic rings. The molecule has 5 heteroatoms. The highest BCUT2D eigenvalue weighted by molar-refractivity contribution is 5.68. The molecule has 0 radical (unpaired) electrons. The Morgan fingerprint density at radius 3 is 2.30 bits per heavy atom. The van der Waals surface area contributed by atoms with Crippen LogP contribution in [0.5, 0.6) is 0 Å². The van der Waals surface area contributed by atoms with Crippen LogP contribution < -0.4 is 16.0 Å². The highest BCUT2D eigenvalue weighted by atomic mass is 16.6. The zero-order valence-corrected chi connectivity index (χ0v) is 19.5. The molecule has 0 saturated heterocycles. The summed E-state index contributed by atoms with van der Waals surface area (Å²) in [4.78, 5) is 12.7. The van der Waals surface area contributed by atoms with E-state index in [-0.39, 0.29) is 18.1 Å². The van der Waals surface area contributed by atoms with E-state index in [1.54, 1.807) is 0 Å². The number of nitrogens with one attached hydrogen (secondary N) is 3. The lowest BCUT2D eigenvalue weighted by atomic mass is 9.97. The third-order valence-electron chi connectivity index (χ3n) is 5.77. The average Bonchev–Trinajstić information content (AvgIpc) is 2.98. The molecule has 3 aromatic carbocycles. The summed E-state index contributed by atoms with van der Waals surface area (Å²) in [5.41, 5.74) is 4.10. The summed E-state index contributed by atoms with van der Waals surface area (Å²) in [5.74, 6) is 0. The van der Waals surface area contributed by atoms with Gasteiger partial charge in [-0.3, -0.25) is 0 Å². The van der Waals surface area contributed by atoms with Crippen LogP contribution in [0.4, 0.5) is 10.5 Å². The first-order chi connectivity index (χ1) is 15.9. The molecule has 0 bridgehead atoms. The summed E-state index contributed by atoms with van der Waals surface area (Å²) < 4.78 is 5.59. The van der Waals surface area contributed by atoms with E-state index in [2.05, 4.69) is 70.5 Å². The van der Waals surface area contributed by atoms with E-state index in [1.165, 1.54) is 11.1 Å².